The minimum atomic E-state index is 0.975. The lowest BCUT2D eigenvalue weighted by Gasteiger charge is -1.83. The number of aryl methyl sites for hydroxylation is 1. The number of hydrogen-bond acceptors (Lipinski definition) is 3. The van der Waals surface area contributed by atoms with Gasteiger partial charge in [-0.05, 0) is 6.92 Å². The Morgan fingerprint density at radius 3 is 3.00 bits per heavy atom. The first kappa shape index (κ1) is 6.69. The summed E-state index contributed by atoms with van der Waals surface area (Å²) in [5.41, 5.74) is 3.82. The van der Waals surface area contributed by atoms with Crippen LogP contribution in [0.1, 0.15) is 10.7 Å². The van der Waals surface area contributed by atoms with Gasteiger partial charge >= 0.3 is 0 Å². The lowest BCUT2D eigenvalue weighted by Crippen LogP contribution is -2.69. The first-order chi connectivity index (χ1) is 5.36. The molecule has 0 radical (unpaired) electrons. The smallest absolute Gasteiger partial charge is 0.160 e. The third-order valence-electron chi connectivity index (χ3n) is 1.39. The monoisotopic (exact) mass is 166 g/mol. The van der Waals surface area contributed by atoms with Gasteiger partial charge in [0.25, 0.3) is 0 Å². The molecule has 0 aliphatic carbocycles. The Morgan fingerprint density at radius 1 is 1.55 bits per heavy atom. The zero-order chi connectivity index (χ0) is 7.68. The van der Waals surface area contributed by atoms with Crippen LogP contribution in [0.4, 0.5) is 0 Å². The molecule has 0 saturated heterocycles. The van der Waals surface area contributed by atoms with E-state index in [4.69, 9.17) is 0 Å². The summed E-state index contributed by atoms with van der Waals surface area (Å²) < 4.78 is 0. The molecule has 3 nitrogen and oxygen atoms in total. The summed E-state index contributed by atoms with van der Waals surface area (Å²) in [5.74, 6) is 0. The molecule has 0 saturated carbocycles. The van der Waals surface area contributed by atoms with Crippen LogP contribution in [0.2, 0.25) is 0 Å². The molecule has 2 rings (SSSR count). The number of nitrogens with zero attached hydrogens (tertiary/aromatic N) is 2. The number of thiazole rings is 1. The SMILES string of the molecule is Cc1csc(C2=N[NH2+]C=C2)n1. The molecule has 0 atom stereocenters. The molecule has 2 heterocycles. The first-order valence-corrected chi connectivity index (χ1v) is 4.24. The predicted molar refractivity (Wildman–Crippen MR) is 44.5 cm³/mol. The number of nitrogens with two attached hydrogens (primary N) is 1. The lowest BCUT2D eigenvalue weighted by molar-refractivity contribution is -0.590. The maximum atomic E-state index is 4.31. The van der Waals surface area contributed by atoms with E-state index in [9.17, 15) is 0 Å². The fraction of sp³-hybridized carbons (Fsp3) is 0.143. The summed E-state index contributed by atoms with van der Waals surface area (Å²) in [5, 5.41) is 7.19. The van der Waals surface area contributed by atoms with Gasteiger partial charge in [0, 0.05) is 17.2 Å². The highest BCUT2D eigenvalue weighted by atomic mass is 32.1. The molecule has 1 aromatic heterocycles. The van der Waals surface area contributed by atoms with Crippen LogP contribution in [0.3, 0.4) is 0 Å². The maximum absolute atomic E-state index is 4.31. The average molecular weight is 166 g/mol. The average Bonchev–Trinajstić information content (AvgIpc) is 2.55. The van der Waals surface area contributed by atoms with Crippen molar-refractivity contribution in [2.45, 2.75) is 6.92 Å². The van der Waals surface area contributed by atoms with Gasteiger partial charge in [0.05, 0.1) is 0 Å². The van der Waals surface area contributed by atoms with Crippen molar-refractivity contribution >= 4 is 17.0 Å². The van der Waals surface area contributed by atoms with E-state index in [1.54, 1.807) is 16.8 Å². The summed E-state index contributed by atoms with van der Waals surface area (Å²) in [6.07, 6.45) is 3.89. The third kappa shape index (κ3) is 1.22. The molecule has 56 valence electrons. The minimum absolute atomic E-state index is 0.975. The number of rotatable bonds is 1. The van der Waals surface area contributed by atoms with Gasteiger partial charge in [0.2, 0.25) is 0 Å². The van der Waals surface area contributed by atoms with Crippen LogP contribution in [-0.2, 0) is 0 Å². The second-order valence-electron chi connectivity index (χ2n) is 2.32. The molecular formula is C7H8N3S+. The number of allylic oxidation sites excluding steroid dienone is 1. The van der Waals surface area contributed by atoms with Crippen molar-refractivity contribution in [2.75, 3.05) is 0 Å². The summed E-state index contributed by atoms with van der Waals surface area (Å²) in [6.45, 7) is 1.99. The molecule has 0 spiro atoms. The van der Waals surface area contributed by atoms with E-state index in [-0.39, 0.29) is 0 Å². The largest absolute Gasteiger partial charge is 0.240 e. The molecule has 1 aliphatic rings. The van der Waals surface area contributed by atoms with Gasteiger partial charge in [-0.1, -0.05) is 5.10 Å². The highest BCUT2D eigenvalue weighted by molar-refractivity contribution is 7.12. The second-order valence-corrected chi connectivity index (χ2v) is 3.17. The maximum Gasteiger partial charge on any atom is 0.160 e. The van der Waals surface area contributed by atoms with Crippen LogP contribution >= 0.6 is 11.3 Å². The van der Waals surface area contributed by atoms with Crippen LogP contribution < -0.4 is 5.43 Å². The molecule has 0 bridgehead atoms. The molecule has 2 N–H and O–H groups in total. The van der Waals surface area contributed by atoms with Crippen molar-refractivity contribution in [3.63, 3.8) is 0 Å². The third-order valence-corrected chi connectivity index (χ3v) is 2.37. The highest BCUT2D eigenvalue weighted by Gasteiger charge is 2.09. The Morgan fingerprint density at radius 2 is 2.45 bits per heavy atom. The van der Waals surface area contributed by atoms with E-state index in [1.807, 2.05) is 24.6 Å². The standard InChI is InChI=1S/C7H7N3S/c1-5-4-11-7(9-5)6-2-3-8-10-6/h2-4H,1H3,(H,8,10)/p+1. The molecule has 11 heavy (non-hydrogen) atoms. The fourth-order valence-corrected chi connectivity index (χ4v) is 1.67. The van der Waals surface area contributed by atoms with Gasteiger partial charge < -0.3 is 0 Å². The lowest BCUT2D eigenvalue weighted by atomic mass is 10.4. The highest BCUT2D eigenvalue weighted by Crippen LogP contribution is 2.10. The second kappa shape index (κ2) is 2.56. The number of hydrogen-bond donors (Lipinski definition) is 1. The van der Waals surface area contributed by atoms with Crippen molar-refractivity contribution in [3.8, 4) is 0 Å². The topological polar surface area (TPSA) is 41.9 Å². The van der Waals surface area contributed by atoms with Crippen molar-refractivity contribution in [1.29, 1.82) is 0 Å². The Kier molecular flexibility index (Phi) is 1.56. The molecule has 0 amide bonds. The Bertz CT molecular complexity index is 324. The van der Waals surface area contributed by atoms with Crippen molar-refractivity contribution in [2.24, 2.45) is 5.10 Å². The zero-order valence-electron chi connectivity index (χ0n) is 6.11. The number of quaternary nitrogens is 1. The van der Waals surface area contributed by atoms with Crippen LogP contribution in [0.5, 0.6) is 0 Å². The summed E-state index contributed by atoms with van der Waals surface area (Å²) >= 11 is 1.63. The van der Waals surface area contributed by atoms with E-state index >= 15 is 0 Å². The Hall–Kier alpha value is -1.00. The fourth-order valence-electron chi connectivity index (χ4n) is 0.899. The van der Waals surface area contributed by atoms with Crippen LogP contribution in [0.15, 0.2) is 22.8 Å². The van der Waals surface area contributed by atoms with Gasteiger partial charge in [-0.2, -0.15) is 5.43 Å². The molecule has 4 heteroatoms. The van der Waals surface area contributed by atoms with Gasteiger partial charge in [-0.25, -0.2) is 4.98 Å². The molecular weight excluding hydrogens is 158 g/mol. The summed E-state index contributed by atoms with van der Waals surface area (Å²) in [6, 6.07) is 0. The van der Waals surface area contributed by atoms with Crippen molar-refractivity contribution < 1.29 is 5.43 Å². The van der Waals surface area contributed by atoms with Crippen LogP contribution in [0, 0.1) is 6.92 Å². The quantitative estimate of drug-likeness (QED) is 0.597. The van der Waals surface area contributed by atoms with Crippen LogP contribution in [-0.4, -0.2) is 10.7 Å². The first-order valence-electron chi connectivity index (χ1n) is 3.36. The Labute approximate surface area is 68.5 Å². The Balaban J connectivity index is 2.36. The van der Waals surface area contributed by atoms with Crippen LogP contribution in [0.25, 0.3) is 0 Å². The van der Waals surface area contributed by atoms with E-state index in [0.29, 0.717) is 0 Å². The summed E-state index contributed by atoms with van der Waals surface area (Å²) in [7, 11) is 0. The molecule has 1 aromatic rings. The molecule has 0 fully saturated rings. The molecule has 0 aromatic carbocycles. The van der Waals surface area contributed by atoms with E-state index < -0.39 is 0 Å². The van der Waals surface area contributed by atoms with E-state index in [1.165, 1.54) is 0 Å². The summed E-state index contributed by atoms with van der Waals surface area (Å²) in [4.78, 5) is 4.31. The van der Waals surface area contributed by atoms with Crippen molar-refractivity contribution in [1.82, 2.24) is 4.98 Å². The van der Waals surface area contributed by atoms with Crippen molar-refractivity contribution in [3.05, 3.63) is 28.4 Å². The number of aromatic nitrogens is 1. The van der Waals surface area contributed by atoms with E-state index in [2.05, 4.69) is 10.1 Å². The molecule has 0 unspecified atom stereocenters. The zero-order valence-corrected chi connectivity index (χ0v) is 6.93. The van der Waals surface area contributed by atoms with Gasteiger partial charge in [0.15, 0.2) is 5.71 Å². The van der Waals surface area contributed by atoms with Gasteiger partial charge in [0.1, 0.15) is 11.2 Å². The van der Waals surface area contributed by atoms with Gasteiger partial charge in [-0.3, -0.25) is 0 Å². The predicted octanol–water partition coefficient (Wildman–Crippen LogP) is 0.246. The minimum Gasteiger partial charge on any atom is -0.240 e. The molecule has 1 aliphatic heterocycles. The van der Waals surface area contributed by atoms with E-state index in [0.717, 1.165) is 16.4 Å². The normalized spacial score (nSPS) is 15.5. The van der Waals surface area contributed by atoms with Gasteiger partial charge in [-0.15, -0.1) is 11.3 Å².